The highest BCUT2D eigenvalue weighted by molar-refractivity contribution is 7.80. The maximum absolute atomic E-state index is 12.1. The molecular weight excluding hydrogens is 344 g/mol. The molecule has 140 valence electrons. The molecule has 1 aliphatic rings. The van der Waals surface area contributed by atoms with Gasteiger partial charge >= 0.3 is 0 Å². The molecule has 6 heteroatoms. The van der Waals surface area contributed by atoms with Gasteiger partial charge in [0.1, 0.15) is 0 Å². The Morgan fingerprint density at radius 2 is 2.00 bits per heavy atom. The Morgan fingerprint density at radius 3 is 2.85 bits per heavy atom. The van der Waals surface area contributed by atoms with Gasteiger partial charge in [0.15, 0.2) is 5.11 Å². The Labute approximate surface area is 160 Å². The predicted molar refractivity (Wildman–Crippen MR) is 110 cm³/mol. The van der Waals surface area contributed by atoms with Crippen molar-refractivity contribution < 1.29 is 4.79 Å². The molecule has 3 atom stereocenters. The van der Waals surface area contributed by atoms with Crippen LogP contribution in [0, 0.1) is 11.8 Å². The van der Waals surface area contributed by atoms with Crippen LogP contribution < -0.4 is 16.2 Å². The van der Waals surface area contributed by atoms with E-state index >= 15 is 0 Å². The van der Waals surface area contributed by atoms with Gasteiger partial charge in [-0.15, -0.1) is 0 Å². The van der Waals surface area contributed by atoms with E-state index in [1.54, 1.807) is 0 Å². The molecule has 26 heavy (non-hydrogen) atoms. The number of carbonyl (C=O) groups excluding carboxylic acids is 1. The lowest BCUT2D eigenvalue weighted by molar-refractivity contribution is -0.121. The summed E-state index contributed by atoms with van der Waals surface area (Å²) in [4.78, 5) is 12.1. The van der Waals surface area contributed by atoms with Crippen molar-refractivity contribution in [1.82, 2.24) is 20.7 Å². The Kier molecular flexibility index (Phi) is 6.14. The van der Waals surface area contributed by atoms with E-state index < -0.39 is 0 Å². The molecule has 1 amide bonds. The number of hydrogen-bond donors (Lipinski definition) is 3. The van der Waals surface area contributed by atoms with Crippen LogP contribution >= 0.6 is 12.2 Å². The number of hydrazine groups is 1. The van der Waals surface area contributed by atoms with E-state index in [4.69, 9.17) is 12.2 Å². The van der Waals surface area contributed by atoms with Crippen LogP contribution in [0.25, 0.3) is 10.9 Å². The minimum atomic E-state index is -0.0722. The van der Waals surface area contributed by atoms with Crippen LogP contribution in [0.15, 0.2) is 36.5 Å². The first-order chi connectivity index (χ1) is 12.5. The fourth-order valence-electron chi connectivity index (χ4n) is 3.74. The molecule has 0 aliphatic heterocycles. The Balaban J connectivity index is 1.41. The summed E-state index contributed by atoms with van der Waals surface area (Å²) in [5, 5.41) is 5.03. The summed E-state index contributed by atoms with van der Waals surface area (Å²) in [6.07, 6.45) is 6.05. The average Bonchev–Trinajstić information content (AvgIpc) is 3.05. The zero-order valence-corrected chi connectivity index (χ0v) is 16.3. The van der Waals surface area contributed by atoms with Crippen molar-refractivity contribution in [3.8, 4) is 0 Å². The van der Waals surface area contributed by atoms with Gasteiger partial charge in [-0.1, -0.05) is 44.9 Å². The Bertz CT molecular complexity index is 772. The van der Waals surface area contributed by atoms with Gasteiger partial charge < -0.3 is 9.88 Å². The van der Waals surface area contributed by atoms with Crippen molar-refractivity contribution in [1.29, 1.82) is 0 Å². The number of nitrogens with one attached hydrogen (secondary N) is 3. The average molecular weight is 373 g/mol. The van der Waals surface area contributed by atoms with Gasteiger partial charge in [-0.3, -0.25) is 15.6 Å². The third-order valence-corrected chi connectivity index (χ3v) is 5.82. The molecule has 0 bridgehead atoms. The topological polar surface area (TPSA) is 58.1 Å². The van der Waals surface area contributed by atoms with E-state index in [1.165, 1.54) is 18.2 Å². The SMILES string of the molecule is C[C@@H]1[C@H](C)CCC[C@H]1NC(=S)NNC(=O)CCn1ccc2ccccc21. The molecular formula is C20H28N4OS. The van der Waals surface area contributed by atoms with Crippen molar-refractivity contribution in [2.45, 2.75) is 52.1 Å². The van der Waals surface area contributed by atoms with Gasteiger partial charge in [0, 0.05) is 30.7 Å². The first kappa shape index (κ1) is 18.7. The quantitative estimate of drug-likeness (QED) is 0.569. The number of hydrogen-bond acceptors (Lipinski definition) is 2. The molecule has 1 aromatic carbocycles. The lowest BCUT2D eigenvalue weighted by Gasteiger charge is -2.35. The lowest BCUT2D eigenvalue weighted by Crippen LogP contribution is -2.52. The van der Waals surface area contributed by atoms with Crippen molar-refractivity contribution in [3.63, 3.8) is 0 Å². The standard InChI is InChI=1S/C20H28N4OS/c1-14-6-5-8-17(15(14)2)21-20(26)23-22-19(25)11-13-24-12-10-16-7-3-4-9-18(16)24/h3-4,7,9-10,12,14-15,17H,5-6,8,11,13H2,1-2H3,(H,22,25)(H2,21,23,26)/t14-,15-,17-/m1/s1. The van der Waals surface area contributed by atoms with Crippen molar-refractivity contribution in [3.05, 3.63) is 36.5 Å². The number of benzene rings is 1. The minimum absolute atomic E-state index is 0.0722. The van der Waals surface area contributed by atoms with E-state index in [0.29, 0.717) is 36.0 Å². The van der Waals surface area contributed by atoms with Crippen LogP contribution in [0.2, 0.25) is 0 Å². The summed E-state index contributed by atoms with van der Waals surface area (Å²) < 4.78 is 2.09. The van der Waals surface area contributed by atoms with Crippen LogP contribution in [0.4, 0.5) is 0 Å². The van der Waals surface area contributed by atoms with E-state index in [9.17, 15) is 4.79 Å². The number of rotatable bonds is 4. The largest absolute Gasteiger partial charge is 0.358 e. The molecule has 3 rings (SSSR count). The number of nitrogens with zero attached hydrogens (tertiary/aromatic N) is 1. The van der Waals surface area contributed by atoms with Gasteiger partial charge in [-0.25, -0.2) is 0 Å². The monoisotopic (exact) mass is 372 g/mol. The first-order valence-corrected chi connectivity index (χ1v) is 9.84. The van der Waals surface area contributed by atoms with Crippen LogP contribution in [0.5, 0.6) is 0 Å². The van der Waals surface area contributed by atoms with Crippen LogP contribution in [-0.4, -0.2) is 21.6 Å². The second-order valence-corrected chi connectivity index (χ2v) is 7.75. The summed E-state index contributed by atoms with van der Waals surface area (Å²) >= 11 is 5.33. The lowest BCUT2D eigenvalue weighted by atomic mass is 9.78. The summed E-state index contributed by atoms with van der Waals surface area (Å²) in [5.74, 6) is 1.22. The highest BCUT2D eigenvalue weighted by atomic mass is 32.1. The number of carbonyl (C=O) groups is 1. The molecule has 3 N–H and O–H groups in total. The van der Waals surface area contributed by atoms with E-state index in [1.807, 2.05) is 18.3 Å². The molecule has 5 nitrogen and oxygen atoms in total. The number of aryl methyl sites for hydroxylation is 1. The molecule has 1 saturated carbocycles. The van der Waals surface area contributed by atoms with E-state index in [-0.39, 0.29) is 5.91 Å². The zero-order valence-electron chi connectivity index (χ0n) is 15.5. The number of thiocarbonyl (C=S) groups is 1. The third kappa shape index (κ3) is 4.55. The Morgan fingerprint density at radius 1 is 1.19 bits per heavy atom. The number of fused-ring (bicyclic) bond motifs is 1. The fraction of sp³-hybridized carbons (Fsp3) is 0.500. The fourth-order valence-corrected chi connectivity index (χ4v) is 3.94. The summed E-state index contributed by atoms with van der Waals surface area (Å²) in [5.41, 5.74) is 6.69. The van der Waals surface area contributed by atoms with Crippen LogP contribution in [-0.2, 0) is 11.3 Å². The smallest absolute Gasteiger partial charge is 0.240 e. The molecule has 2 aromatic rings. The van der Waals surface area contributed by atoms with Gasteiger partial charge in [-0.05, 0) is 48.0 Å². The highest BCUT2D eigenvalue weighted by Gasteiger charge is 2.27. The molecule has 1 aliphatic carbocycles. The molecule has 1 heterocycles. The van der Waals surface area contributed by atoms with Crippen molar-refractivity contribution in [2.75, 3.05) is 0 Å². The van der Waals surface area contributed by atoms with Gasteiger partial charge in [0.2, 0.25) is 5.91 Å². The molecule has 0 spiro atoms. The Hall–Kier alpha value is -2.08. The van der Waals surface area contributed by atoms with Gasteiger partial charge in [0.05, 0.1) is 0 Å². The normalized spacial score (nSPS) is 22.8. The molecule has 0 saturated heterocycles. The van der Waals surface area contributed by atoms with E-state index in [2.05, 4.69) is 52.8 Å². The first-order valence-electron chi connectivity index (χ1n) is 9.44. The molecule has 1 fully saturated rings. The van der Waals surface area contributed by atoms with Crippen molar-refractivity contribution >= 4 is 34.1 Å². The number of aromatic nitrogens is 1. The number of para-hydroxylation sites is 1. The van der Waals surface area contributed by atoms with E-state index in [0.717, 1.165) is 11.9 Å². The summed E-state index contributed by atoms with van der Waals surface area (Å²) in [7, 11) is 0. The zero-order chi connectivity index (χ0) is 18.5. The molecule has 1 aromatic heterocycles. The maximum atomic E-state index is 12.1. The van der Waals surface area contributed by atoms with Gasteiger partial charge in [-0.2, -0.15) is 0 Å². The van der Waals surface area contributed by atoms with Crippen molar-refractivity contribution in [2.24, 2.45) is 11.8 Å². The third-order valence-electron chi connectivity index (χ3n) is 5.60. The predicted octanol–water partition coefficient (Wildman–Crippen LogP) is 3.35. The summed E-state index contributed by atoms with van der Waals surface area (Å²) in [6.45, 7) is 5.20. The van der Waals surface area contributed by atoms with Gasteiger partial charge in [0.25, 0.3) is 0 Å². The van der Waals surface area contributed by atoms with Crippen LogP contribution in [0.1, 0.15) is 39.5 Å². The molecule has 0 unspecified atom stereocenters. The summed E-state index contributed by atoms with van der Waals surface area (Å²) in [6, 6.07) is 10.6. The van der Waals surface area contributed by atoms with Crippen LogP contribution in [0.3, 0.4) is 0 Å². The second-order valence-electron chi connectivity index (χ2n) is 7.34. The second kappa shape index (κ2) is 8.54. The number of amides is 1. The maximum Gasteiger partial charge on any atom is 0.240 e. The highest BCUT2D eigenvalue weighted by Crippen LogP contribution is 2.29. The minimum Gasteiger partial charge on any atom is -0.358 e. The molecule has 0 radical (unpaired) electrons.